The summed E-state index contributed by atoms with van der Waals surface area (Å²) in [6.07, 6.45) is 1.35. The summed E-state index contributed by atoms with van der Waals surface area (Å²) < 4.78 is 5.25. The molecule has 0 saturated carbocycles. The van der Waals surface area contributed by atoms with Crippen LogP contribution in [0.1, 0.15) is 59.7 Å². The fourth-order valence-electron chi connectivity index (χ4n) is 2.16. The number of alkyl carbamates (subject to hydrolysis) is 1. The van der Waals surface area contributed by atoms with Crippen molar-refractivity contribution in [1.82, 2.24) is 15.2 Å². The van der Waals surface area contributed by atoms with Gasteiger partial charge in [-0.2, -0.15) is 0 Å². The third-order valence-corrected chi connectivity index (χ3v) is 3.52. The van der Waals surface area contributed by atoms with Gasteiger partial charge in [-0.15, -0.1) is 0 Å². The van der Waals surface area contributed by atoms with Crippen LogP contribution < -0.4 is 5.32 Å². The second kappa shape index (κ2) is 7.64. The topological polar surface area (TPSA) is 71.5 Å². The third kappa shape index (κ3) is 6.56. The predicted octanol–water partition coefficient (Wildman–Crippen LogP) is 3.29. The van der Waals surface area contributed by atoms with Crippen molar-refractivity contribution in [2.24, 2.45) is 0 Å². The zero-order chi connectivity index (χ0) is 18.5. The number of rotatable bonds is 5. The smallest absolute Gasteiger partial charge is 0.408 e. The summed E-state index contributed by atoms with van der Waals surface area (Å²) in [4.78, 5) is 30.4. The van der Waals surface area contributed by atoms with Crippen LogP contribution >= 0.6 is 0 Å². The number of carbonyl (C=O) groups excluding carboxylic acids is 2. The Bertz CT molecular complexity index is 565. The SMILES string of the molecule is CC(c1ccccn1)N(C)C(=O)CC(C)(C)NC(=O)OC(C)(C)C. The van der Waals surface area contributed by atoms with Gasteiger partial charge in [0, 0.05) is 25.2 Å². The molecule has 24 heavy (non-hydrogen) atoms. The highest BCUT2D eigenvalue weighted by atomic mass is 16.6. The van der Waals surface area contributed by atoms with Crippen molar-refractivity contribution in [2.45, 2.75) is 65.1 Å². The maximum Gasteiger partial charge on any atom is 0.408 e. The van der Waals surface area contributed by atoms with Crippen molar-refractivity contribution in [1.29, 1.82) is 0 Å². The number of aromatic nitrogens is 1. The van der Waals surface area contributed by atoms with Crippen molar-refractivity contribution in [3.8, 4) is 0 Å². The van der Waals surface area contributed by atoms with Crippen LogP contribution in [0, 0.1) is 0 Å². The minimum absolute atomic E-state index is 0.0748. The molecule has 6 nitrogen and oxygen atoms in total. The number of amides is 2. The largest absolute Gasteiger partial charge is 0.444 e. The van der Waals surface area contributed by atoms with Crippen LogP contribution in [0.25, 0.3) is 0 Å². The van der Waals surface area contributed by atoms with E-state index in [-0.39, 0.29) is 18.4 Å². The van der Waals surface area contributed by atoms with E-state index in [1.807, 2.05) is 25.1 Å². The molecule has 0 aliphatic heterocycles. The van der Waals surface area contributed by atoms with Gasteiger partial charge in [0.05, 0.1) is 11.7 Å². The quantitative estimate of drug-likeness (QED) is 0.896. The lowest BCUT2D eigenvalue weighted by Crippen LogP contribution is -2.48. The molecule has 2 amide bonds. The first-order valence-electron chi connectivity index (χ1n) is 8.09. The normalized spacial score (nSPS) is 13.1. The van der Waals surface area contributed by atoms with Gasteiger partial charge in [0.15, 0.2) is 0 Å². The molecule has 1 aromatic rings. The lowest BCUT2D eigenvalue weighted by atomic mass is 9.99. The Morgan fingerprint density at radius 2 is 1.88 bits per heavy atom. The zero-order valence-electron chi connectivity index (χ0n) is 15.7. The number of hydrogen-bond donors (Lipinski definition) is 1. The third-order valence-electron chi connectivity index (χ3n) is 3.52. The first-order valence-corrected chi connectivity index (χ1v) is 8.09. The van der Waals surface area contributed by atoms with Gasteiger partial charge >= 0.3 is 6.09 Å². The van der Waals surface area contributed by atoms with Gasteiger partial charge in [-0.1, -0.05) is 6.07 Å². The van der Waals surface area contributed by atoms with Gasteiger partial charge in [-0.3, -0.25) is 9.78 Å². The van der Waals surface area contributed by atoms with E-state index in [4.69, 9.17) is 4.74 Å². The van der Waals surface area contributed by atoms with Gasteiger partial charge in [0.2, 0.25) is 5.91 Å². The molecule has 0 aliphatic carbocycles. The van der Waals surface area contributed by atoms with E-state index >= 15 is 0 Å². The molecule has 0 aliphatic rings. The number of nitrogens with one attached hydrogen (secondary N) is 1. The number of pyridine rings is 1. The number of carbonyl (C=O) groups is 2. The Morgan fingerprint density at radius 3 is 2.38 bits per heavy atom. The van der Waals surface area contributed by atoms with E-state index < -0.39 is 17.2 Å². The molecule has 1 unspecified atom stereocenters. The van der Waals surface area contributed by atoms with Gasteiger partial charge in [0.25, 0.3) is 0 Å². The van der Waals surface area contributed by atoms with E-state index in [2.05, 4.69) is 10.3 Å². The van der Waals surface area contributed by atoms with Crippen molar-refractivity contribution in [3.63, 3.8) is 0 Å². The standard InChI is InChI=1S/C18H29N3O3/c1-13(14-10-8-9-11-19-14)21(7)15(22)12-18(5,6)20-16(23)24-17(2,3)4/h8-11,13H,12H2,1-7H3,(H,20,23). The second-order valence-corrected chi connectivity index (χ2v) is 7.62. The minimum atomic E-state index is -0.711. The fourth-order valence-corrected chi connectivity index (χ4v) is 2.16. The maximum atomic E-state index is 12.5. The average Bonchev–Trinajstić information content (AvgIpc) is 2.43. The van der Waals surface area contributed by atoms with Crippen LogP contribution in [-0.4, -0.2) is 40.1 Å². The molecule has 1 aromatic heterocycles. The minimum Gasteiger partial charge on any atom is -0.444 e. The van der Waals surface area contributed by atoms with E-state index in [1.54, 1.807) is 52.8 Å². The molecule has 0 aromatic carbocycles. The van der Waals surface area contributed by atoms with Gasteiger partial charge in [-0.25, -0.2) is 4.79 Å². The monoisotopic (exact) mass is 335 g/mol. The van der Waals surface area contributed by atoms with Gasteiger partial charge in [0.1, 0.15) is 5.60 Å². The van der Waals surface area contributed by atoms with Crippen LogP contribution in [-0.2, 0) is 9.53 Å². The lowest BCUT2D eigenvalue weighted by molar-refractivity contribution is -0.133. The molecular formula is C18H29N3O3. The molecule has 1 N–H and O–H groups in total. The summed E-state index contributed by atoms with van der Waals surface area (Å²) in [7, 11) is 1.74. The highest BCUT2D eigenvalue weighted by molar-refractivity contribution is 5.78. The molecule has 0 radical (unpaired) electrons. The Balaban J connectivity index is 2.66. The van der Waals surface area contributed by atoms with Crippen molar-refractivity contribution < 1.29 is 14.3 Å². The average molecular weight is 335 g/mol. The van der Waals surface area contributed by atoms with Crippen molar-refractivity contribution in [2.75, 3.05) is 7.05 Å². The van der Waals surface area contributed by atoms with E-state index in [0.717, 1.165) is 5.69 Å². The highest BCUT2D eigenvalue weighted by Crippen LogP contribution is 2.20. The number of ether oxygens (including phenoxy) is 1. The van der Waals surface area contributed by atoms with Gasteiger partial charge < -0.3 is 15.0 Å². The molecule has 0 bridgehead atoms. The summed E-state index contributed by atoms with van der Waals surface area (Å²) in [5, 5.41) is 2.75. The molecule has 0 fully saturated rings. The van der Waals surface area contributed by atoms with Gasteiger partial charge in [-0.05, 0) is 53.7 Å². The predicted molar refractivity (Wildman–Crippen MR) is 93.5 cm³/mol. The van der Waals surface area contributed by atoms with Crippen LogP contribution in [0.4, 0.5) is 4.79 Å². The van der Waals surface area contributed by atoms with Crippen LogP contribution in [0.2, 0.25) is 0 Å². The van der Waals surface area contributed by atoms with Crippen LogP contribution in [0.5, 0.6) is 0 Å². The first-order chi connectivity index (χ1) is 10.9. The summed E-state index contributed by atoms with van der Waals surface area (Å²) in [6, 6.07) is 5.48. The Kier molecular flexibility index (Phi) is 6.35. The van der Waals surface area contributed by atoms with Crippen LogP contribution in [0.3, 0.4) is 0 Å². The molecule has 1 rings (SSSR count). The first kappa shape index (κ1) is 19.9. The molecule has 6 heteroatoms. The second-order valence-electron chi connectivity index (χ2n) is 7.62. The summed E-state index contributed by atoms with van der Waals surface area (Å²) >= 11 is 0. The molecule has 1 atom stereocenters. The molecule has 0 saturated heterocycles. The summed E-state index contributed by atoms with van der Waals surface area (Å²) in [6.45, 7) is 10.9. The van der Waals surface area contributed by atoms with E-state index in [1.165, 1.54) is 0 Å². The fraction of sp³-hybridized carbons (Fsp3) is 0.611. The van der Waals surface area contributed by atoms with E-state index in [0.29, 0.717) is 0 Å². The van der Waals surface area contributed by atoms with Crippen molar-refractivity contribution in [3.05, 3.63) is 30.1 Å². The van der Waals surface area contributed by atoms with E-state index in [9.17, 15) is 9.59 Å². The number of nitrogens with zero attached hydrogens (tertiary/aromatic N) is 2. The Labute approximate surface area is 144 Å². The maximum absolute atomic E-state index is 12.5. The zero-order valence-corrected chi connectivity index (χ0v) is 15.7. The molecule has 134 valence electrons. The van der Waals surface area contributed by atoms with Crippen LogP contribution in [0.15, 0.2) is 24.4 Å². The molecule has 0 spiro atoms. The van der Waals surface area contributed by atoms with Crippen molar-refractivity contribution >= 4 is 12.0 Å². The summed E-state index contributed by atoms with van der Waals surface area (Å²) in [5.74, 6) is -0.0748. The lowest BCUT2D eigenvalue weighted by Gasteiger charge is -2.31. The highest BCUT2D eigenvalue weighted by Gasteiger charge is 2.29. The summed E-state index contributed by atoms with van der Waals surface area (Å²) in [5.41, 5.74) is -0.461. The number of hydrogen-bond acceptors (Lipinski definition) is 4. The Hall–Kier alpha value is -2.11. The molecular weight excluding hydrogens is 306 g/mol. The Morgan fingerprint density at radius 1 is 1.25 bits per heavy atom. The molecule has 1 heterocycles.